The monoisotopic (exact) mass is 141 g/mol. The van der Waals surface area contributed by atoms with Crippen molar-refractivity contribution >= 4 is 0 Å². The summed E-state index contributed by atoms with van der Waals surface area (Å²) >= 11 is 0. The Morgan fingerprint density at radius 2 is 2.60 bits per heavy atom. The zero-order valence-corrected chi connectivity index (χ0v) is 6.16. The smallest absolute Gasteiger partial charge is 0.232 e. The molecule has 1 atom stereocenters. The van der Waals surface area contributed by atoms with Crippen molar-refractivity contribution in [1.29, 1.82) is 0 Å². The molecule has 0 bridgehead atoms. The number of nitrogens with one attached hydrogen (secondary N) is 1. The minimum absolute atomic E-state index is 0.160. The fourth-order valence-electron chi connectivity index (χ4n) is 0.764. The third-order valence-electron chi connectivity index (χ3n) is 1.26. The van der Waals surface area contributed by atoms with Crippen LogP contribution in [0.15, 0.2) is 10.8 Å². The highest BCUT2D eigenvalue weighted by Crippen LogP contribution is 2.05. The summed E-state index contributed by atoms with van der Waals surface area (Å²) in [5.74, 6) is 0.641. The van der Waals surface area contributed by atoms with Gasteiger partial charge in [-0.1, -0.05) is 6.92 Å². The summed E-state index contributed by atoms with van der Waals surface area (Å²) in [6, 6.07) is 0.160. The third-order valence-corrected chi connectivity index (χ3v) is 1.26. The van der Waals surface area contributed by atoms with Crippen molar-refractivity contribution < 1.29 is 4.42 Å². The van der Waals surface area contributed by atoms with Gasteiger partial charge in [0.05, 0.1) is 6.04 Å². The van der Waals surface area contributed by atoms with Crippen LogP contribution in [0, 0.1) is 0 Å². The fourth-order valence-corrected chi connectivity index (χ4v) is 0.764. The van der Waals surface area contributed by atoms with Gasteiger partial charge in [0.1, 0.15) is 0 Å². The first-order valence-electron chi connectivity index (χ1n) is 3.34. The molecule has 0 aromatic carbocycles. The fraction of sp³-hybridized carbons (Fsp3) is 0.667. The van der Waals surface area contributed by atoms with Crippen molar-refractivity contribution in [3.8, 4) is 0 Å². The standard InChI is InChI=1S/C6H11N3O/c1-3-7-5(2)6-9-8-4-10-6/h4-5,7H,3H2,1-2H3. The number of rotatable bonds is 3. The maximum Gasteiger partial charge on any atom is 0.232 e. The van der Waals surface area contributed by atoms with Crippen molar-refractivity contribution in [2.24, 2.45) is 0 Å². The first kappa shape index (κ1) is 7.21. The van der Waals surface area contributed by atoms with Crippen LogP contribution in [0.2, 0.25) is 0 Å². The topological polar surface area (TPSA) is 51.0 Å². The molecular weight excluding hydrogens is 130 g/mol. The highest BCUT2D eigenvalue weighted by Gasteiger charge is 2.07. The molecule has 1 rings (SSSR count). The van der Waals surface area contributed by atoms with E-state index in [1.807, 2.05) is 13.8 Å². The number of hydrogen-bond acceptors (Lipinski definition) is 4. The minimum atomic E-state index is 0.160. The first-order valence-corrected chi connectivity index (χ1v) is 3.34. The minimum Gasteiger partial charge on any atom is -0.426 e. The second-order valence-electron chi connectivity index (χ2n) is 2.06. The molecule has 1 unspecified atom stereocenters. The SMILES string of the molecule is CCNC(C)c1nnco1. The van der Waals surface area contributed by atoms with Gasteiger partial charge in [-0.2, -0.15) is 0 Å². The van der Waals surface area contributed by atoms with Gasteiger partial charge in [0, 0.05) is 0 Å². The lowest BCUT2D eigenvalue weighted by Gasteiger charge is -2.04. The van der Waals surface area contributed by atoms with E-state index in [0.29, 0.717) is 5.89 Å². The summed E-state index contributed by atoms with van der Waals surface area (Å²) in [5.41, 5.74) is 0. The Kier molecular flexibility index (Phi) is 2.39. The van der Waals surface area contributed by atoms with E-state index in [-0.39, 0.29) is 6.04 Å². The predicted molar refractivity (Wildman–Crippen MR) is 36.4 cm³/mol. The molecule has 1 N–H and O–H groups in total. The highest BCUT2D eigenvalue weighted by molar-refractivity contribution is 4.81. The summed E-state index contributed by atoms with van der Waals surface area (Å²) in [7, 11) is 0. The molecule has 0 amide bonds. The summed E-state index contributed by atoms with van der Waals surface area (Å²) in [5, 5.41) is 10.5. The van der Waals surface area contributed by atoms with E-state index < -0.39 is 0 Å². The summed E-state index contributed by atoms with van der Waals surface area (Å²) < 4.78 is 4.96. The molecule has 56 valence electrons. The van der Waals surface area contributed by atoms with Gasteiger partial charge in [0.25, 0.3) is 0 Å². The average molecular weight is 141 g/mol. The molecule has 10 heavy (non-hydrogen) atoms. The molecule has 4 nitrogen and oxygen atoms in total. The van der Waals surface area contributed by atoms with Gasteiger partial charge in [-0.05, 0) is 13.5 Å². The van der Waals surface area contributed by atoms with E-state index in [1.54, 1.807) is 0 Å². The molecule has 0 aliphatic heterocycles. The Morgan fingerprint density at radius 3 is 3.10 bits per heavy atom. The molecule has 0 aliphatic carbocycles. The molecule has 0 radical (unpaired) electrons. The van der Waals surface area contributed by atoms with Crippen molar-refractivity contribution in [3.63, 3.8) is 0 Å². The van der Waals surface area contributed by atoms with Crippen LogP contribution >= 0.6 is 0 Å². The van der Waals surface area contributed by atoms with Gasteiger partial charge < -0.3 is 9.73 Å². The largest absolute Gasteiger partial charge is 0.426 e. The third kappa shape index (κ3) is 1.54. The Balaban J connectivity index is 2.50. The van der Waals surface area contributed by atoms with E-state index in [2.05, 4.69) is 15.5 Å². The second-order valence-corrected chi connectivity index (χ2v) is 2.06. The van der Waals surface area contributed by atoms with Crippen LogP contribution in [-0.4, -0.2) is 16.7 Å². The quantitative estimate of drug-likeness (QED) is 0.674. The van der Waals surface area contributed by atoms with E-state index in [0.717, 1.165) is 6.54 Å². The lowest BCUT2D eigenvalue weighted by atomic mass is 10.3. The zero-order chi connectivity index (χ0) is 7.40. The van der Waals surface area contributed by atoms with Gasteiger partial charge >= 0.3 is 0 Å². The van der Waals surface area contributed by atoms with E-state index in [1.165, 1.54) is 6.39 Å². The van der Waals surface area contributed by atoms with Crippen LogP contribution in [0.3, 0.4) is 0 Å². The molecular formula is C6H11N3O. The van der Waals surface area contributed by atoms with Crippen molar-refractivity contribution in [1.82, 2.24) is 15.5 Å². The lowest BCUT2D eigenvalue weighted by molar-refractivity contribution is 0.421. The maximum atomic E-state index is 4.96. The van der Waals surface area contributed by atoms with Crippen LogP contribution in [0.25, 0.3) is 0 Å². The van der Waals surface area contributed by atoms with Crippen molar-refractivity contribution in [2.45, 2.75) is 19.9 Å². The Hall–Kier alpha value is -0.900. The summed E-state index contributed by atoms with van der Waals surface area (Å²) in [4.78, 5) is 0. The molecule has 1 heterocycles. The summed E-state index contributed by atoms with van der Waals surface area (Å²) in [6.07, 6.45) is 1.34. The summed E-state index contributed by atoms with van der Waals surface area (Å²) in [6.45, 7) is 4.92. The van der Waals surface area contributed by atoms with Gasteiger partial charge in [-0.15, -0.1) is 10.2 Å². The van der Waals surface area contributed by atoms with Crippen LogP contribution in [0.1, 0.15) is 25.8 Å². The van der Waals surface area contributed by atoms with Crippen LogP contribution in [0.5, 0.6) is 0 Å². The van der Waals surface area contributed by atoms with E-state index >= 15 is 0 Å². The van der Waals surface area contributed by atoms with Crippen LogP contribution in [0.4, 0.5) is 0 Å². The normalized spacial score (nSPS) is 13.4. The van der Waals surface area contributed by atoms with Crippen molar-refractivity contribution in [2.75, 3.05) is 6.54 Å². The van der Waals surface area contributed by atoms with Gasteiger partial charge in [0.2, 0.25) is 12.3 Å². The van der Waals surface area contributed by atoms with Crippen LogP contribution in [-0.2, 0) is 0 Å². The molecule has 1 aromatic rings. The number of aromatic nitrogens is 2. The second kappa shape index (κ2) is 3.31. The van der Waals surface area contributed by atoms with E-state index in [4.69, 9.17) is 4.42 Å². The number of nitrogens with zero attached hydrogens (tertiary/aromatic N) is 2. The van der Waals surface area contributed by atoms with Crippen molar-refractivity contribution in [3.05, 3.63) is 12.3 Å². The van der Waals surface area contributed by atoms with Gasteiger partial charge in [0.15, 0.2) is 0 Å². The molecule has 0 fully saturated rings. The zero-order valence-electron chi connectivity index (χ0n) is 6.16. The molecule has 0 saturated heterocycles. The predicted octanol–water partition coefficient (Wildman–Crippen LogP) is 0.740. The Morgan fingerprint density at radius 1 is 1.80 bits per heavy atom. The number of hydrogen-bond donors (Lipinski definition) is 1. The first-order chi connectivity index (χ1) is 4.84. The maximum absolute atomic E-state index is 4.96. The molecule has 1 aromatic heterocycles. The molecule has 0 saturated carbocycles. The van der Waals surface area contributed by atoms with E-state index in [9.17, 15) is 0 Å². The Bertz CT molecular complexity index is 173. The highest BCUT2D eigenvalue weighted by atomic mass is 16.4. The average Bonchev–Trinajstić information content (AvgIpc) is 2.38. The lowest BCUT2D eigenvalue weighted by Crippen LogP contribution is -2.17. The molecule has 0 aliphatic rings. The Labute approximate surface area is 59.6 Å². The molecule has 0 spiro atoms. The molecule has 4 heteroatoms. The van der Waals surface area contributed by atoms with Gasteiger partial charge in [-0.25, -0.2) is 0 Å². The van der Waals surface area contributed by atoms with Gasteiger partial charge in [-0.3, -0.25) is 0 Å². The van der Waals surface area contributed by atoms with Crippen LogP contribution < -0.4 is 5.32 Å².